The summed E-state index contributed by atoms with van der Waals surface area (Å²) in [7, 11) is 0. The van der Waals surface area contributed by atoms with Crippen molar-refractivity contribution < 1.29 is 19.1 Å². The topological polar surface area (TPSA) is 73.7 Å². The highest BCUT2D eigenvalue weighted by atomic mass is 16.6. The highest BCUT2D eigenvalue weighted by Gasteiger charge is 2.33. The minimum absolute atomic E-state index is 0.444. The van der Waals surface area contributed by atoms with Crippen molar-refractivity contribution in [2.45, 2.75) is 65.6 Å². The van der Waals surface area contributed by atoms with Crippen LogP contribution in [0.25, 0.3) is 0 Å². The standard InChI is InChI=1S/C16H25N3O4/c1-15(2,3)22-13(20)18-9-7-8-11-12(18)19(10-17-11)14(21)23-16(4,5)6/h10H,7-9H2,1-6H3. The van der Waals surface area contributed by atoms with Gasteiger partial charge < -0.3 is 9.47 Å². The number of carbonyl (C=O) groups is 2. The molecule has 1 aliphatic rings. The van der Waals surface area contributed by atoms with E-state index in [4.69, 9.17) is 9.47 Å². The van der Waals surface area contributed by atoms with Gasteiger partial charge >= 0.3 is 12.2 Å². The summed E-state index contributed by atoms with van der Waals surface area (Å²) in [6.45, 7) is 11.3. The fourth-order valence-corrected chi connectivity index (χ4v) is 2.29. The molecule has 2 rings (SSSR count). The smallest absolute Gasteiger partial charge is 0.421 e. The van der Waals surface area contributed by atoms with E-state index in [0.717, 1.165) is 6.42 Å². The normalized spacial score (nSPS) is 15.1. The average molecular weight is 323 g/mol. The molecular formula is C16H25N3O4. The van der Waals surface area contributed by atoms with E-state index in [-0.39, 0.29) is 0 Å². The Bertz CT molecular complexity index is 608. The van der Waals surface area contributed by atoms with Gasteiger partial charge in [-0.15, -0.1) is 0 Å². The summed E-state index contributed by atoms with van der Waals surface area (Å²) in [6, 6.07) is 0. The molecular weight excluding hydrogens is 298 g/mol. The molecule has 0 saturated heterocycles. The number of aromatic nitrogens is 2. The van der Waals surface area contributed by atoms with Crippen LogP contribution in [0.4, 0.5) is 15.4 Å². The lowest BCUT2D eigenvalue weighted by Crippen LogP contribution is -2.41. The summed E-state index contributed by atoms with van der Waals surface area (Å²) in [5.74, 6) is 0.444. The van der Waals surface area contributed by atoms with Crippen LogP contribution in [0.5, 0.6) is 0 Å². The van der Waals surface area contributed by atoms with E-state index in [1.54, 1.807) is 41.5 Å². The van der Waals surface area contributed by atoms with E-state index in [1.165, 1.54) is 15.8 Å². The second-order valence-electron chi connectivity index (χ2n) is 7.60. The van der Waals surface area contributed by atoms with Crippen LogP contribution in [0, 0.1) is 0 Å². The zero-order valence-electron chi connectivity index (χ0n) is 14.7. The van der Waals surface area contributed by atoms with Crippen molar-refractivity contribution in [2.24, 2.45) is 0 Å². The number of rotatable bonds is 0. The van der Waals surface area contributed by atoms with E-state index >= 15 is 0 Å². The first kappa shape index (κ1) is 17.3. The third-order valence-corrected chi connectivity index (χ3v) is 3.07. The Morgan fingerprint density at radius 2 is 1.61 bits per heavy atom. The largest absolute Gasteiger partial charge is 0.443 e. The summed E-state index contributed by atoms with van der Waals surface area (Å²) in [5, 5.41) is 0. The van der Waals surface area contributed by atoms with Gasteiger partial charge in [0.25, 0.3) is 0 Å². The Morgan fingerprint density at radius 1 is 1.04 bits per heavy atom. The van der Waals surface area contributed by atoms with Gasteiger partial charge in [-0.3, -0.25) is 4.90 Å². The average Bonchev–Trinajstić information content (AvgIpc) is 2.78. The van der Waals surface area contributed by atoms with E-state index in [2.05, 4.69) is 4.98 Å². The van der Waals surface area contributed by atoms with Crippen LogP contribution in [-0.4, -0.2) is 39.5 Å². The zero-order chi connectivity index (χ0) is 17.4. The van der Waals surface area contributed by atoms with Gasteiger partial charge in [0.2, 0.25) is 0 Å². The summed E-state index contributed by atoms with van der Waals surface area (Å²) in [4.78, 5) is 30.5. The molecule has 1 aliphatic heterocycles. The van der Waals surface area contributed by atoms with Crippen LogP contribution in [0.15, 0.2) is 6.33 Å². The first-order valence-corrected chi connectivity index (χ1v) is 7.78. The van der Waals surface area contributed by atoms with Crippen molar-refractivity contribution in [1.29, 1.82) is 0 Å². The number of amides is 1. The van der Waals surface area contributed by atoms with Gasteiger partial charge in [-0.1, -0.05) is 0 Å². The van der Waals surface area contributed by atoms with Crippen LogP contribution < -0.4 is 4.90 Å². The Kier molecular flexibility index (Phi) is 4.41. The van der Waals surface area contributed by atoms with Crippen molar-refractivity contribution >= 4 is 18.0 Å². The molecule has 1 aromatic heterocycles. The SMILES string of the molecule is CC(C)(C)OC(=O)N1CCCc2ncn(C(=O)OC(C)(C)C)c21. The van der Waals surface area contributed by atoms with Gasteiger partial charge in [-0.2, -0.15) is 0 Å². The predicted octanol–water partition coefficient (Wildman–Crippen LogP) is 3.35. The van der Waals surface area contributed by atoms with Crippen molar-refractivity contribution in [3.05, 3.63) is 12.0 Å². The molecule has 1 amide bonds. The molecule has 1 aromatic rings. The number of nitrogens with zero attached hydrogens (tertiary/aromatic N) is 3. The van der Waals surface area contributed by atoms with Crippen molar-refractivity contribution in [2.75, 3.05) is 11.4 Å². The minimum Gasteiger partial charge on any atom is -0.443 e. The zero-order valence-corrected chi connectivity index (χ0v) is 14.7. The number of carbonyl (C=O) groups excluding carboxylic acids is 2. The number of fused-ring (bicyclic) bond motifs is 1. The number of ether oxygens (including phenoxy) is 2. The Balaban J connectivity index is 2.32. The molecule has 2 heterocycles. The number of hydrogen-bond donors (Lipinski definition) is 0. The Labute approximate surface area is 136 Å². The molecule has 0 aliphatic carbocycles. The molecule has 0 aromatic carbocycles. The lowest BCUT2D eigenvalue weighted by atomic mass is 10.1. The van der Waals surface area contributed by atoms with E-state index in [9.17, 15) is 9.59 Å². The summed E-state index contributed by atoms with van der Waals surface area (Å²) in [6.07, 6.45) is 1.86. The molecule has 0 radical (unpaired) electrons. The lowest BCUT2D eigenvalue weighted by Gasteiger charge is -2.30. The van der Waals surface area contributed by atoms with Crippen LogP contribution >= 0.6 is 0 Å². The van der Waals surface area contributed by atoms with E-state index in [1.807, 2.05) is 0 Å². The van der Waals surface area contributed by atoms with Crippen molar-refractivity contribution in [3.63, 3.8) is 0 Å². The summed E-state index contributed by atoms with van der Waals surface area (Å²) >= 11 is 0. The predicted molar refractivity (Wildman–Crippen MR) is 85.8 cm³/mol. The van der Waals surface area contributed by atoms with Crippen molar-refractivity contribution in [3.8, 4) is 0 Å². The maximum atomic E-state index is 12.4. The van der Waals surface area contributed by atoms with E-state index in [0.29, 0.717) is 24.5 Å². The first-order valence-electron chi connectivity index (χ1n) is 7.78. The second-order valence-corrected chi connectivity index (χ2v) is 7.60. The molecule has 128 valence electrons. The van der Waals surface area contributed by atoms with Gasteiger partial charge in [0.05, 0.1) is 5.69 Å². The maximum Gasteiger partial charge on any atom is 0.421 e. The van der Waals surface area contributed by atoms with Gasteiger partial charge in [0.15, 0.2) is 5.82 Å². The molecule has 0 unspecified atom stereocenters. The molecule has 0 N–H and O–H groups in total. The van der Waals surface area contributed by atoms with Gasteiger partial charge in [0.1, 0.15) is 17.5 Å². The second kappa shape index (κ2) is 5.86. The summed E-state index contributed by atoms with van der Waals surface area (Å²) < 4.78 is 12.1. The first-order chi connectivity index (χ1) is 10.5. The number of hydrogen-bond acceptors (Lipinski definition) is 5. The Hall–Kier alpha value is -2.05. The molecule has 0 fully saturated rings. The lowest BCUT2D eigenvalue weighted by molar-refractivity contribution is 0.0531. The van der Waals surface area contributed by atoms with Crippen LogP contribution in [0.3, 0.4) is 0 Å². The number of imidazole rings is 1. The fourth-order valence-electron chi connectivity index (χ4n) is 2.29. The van der Waals surface area contributed by atoms with Crippen molar-refractivity contribution in [1.82, 2.24) is 9.55 Å². The molecule has 0 spiro atoms. The maximum absolute atomic E-state index is 12.4. The highest BCUT2D eigenvalue weighted by Crippen LogP contribution is 2.28. The summed E-state index contributed by atoms with van der Waals surface area (Å²) in [5.41, 5.74) is -0.529. The molecule has 7 heteroatoms. The fraction of sp³-hybridized carbons (Fsp3) is 0.688. The van der Waals surface area contributed by atoms with Crippen LogP contribution in [-0.2, 0) is 15.9 Å². The third kappa shape index (κ3) is 4.24. The Morgan fingerprint density at radius 3 is 2.17 bits per heavy atom. The van der Waals surface area contributed by atoms with Gasteiger partial charge in [0, 0.05) is 6.54 Å². The third-order valence-electron chi connectivity index (χ3n) is 3.07. The quantitative estimate of drug-likeness (QED) is 0.732. The molecule has 0 atom stereocenters. The highest BCUT2D eigenvalue weighted by molar-refractivity contribution is 5.91. The number of anilines is 1. The molecule has 0 saturated carbocycles. The monoisotopic (exact) mass is 323 g/mol. The van der Waals surface area contributed by atoms with Gasteiger partial charge in [-0.05, 0) is 54.4 Å². The van der Waals surface area contributed by atoms with E-state index < -0.39 is 23.4 Å². The van der Waals surface area contributed by atoms with Crippen LogP contribution in [0.2, 0.25) is 0 Å². The van der Waals surface area contributed by atoms with Gasteiger partial charge in [-0.25, -0.2) is 19.1 Å². The van der Waals surface area contributed by atoms with Crippen LogP contribution in [0.1, 0.15) is 53.7 Å². The minimum atomic E-state index is -0.625. The number of aryl methyl sites for hydroxylation is 1. The molecule has 7 nitrogen and oxygen atoms in total. The molecule has 0 bridgehead atoms. The molecule has 23 heavy (non-hydrogen) atoms.